The molecule has 0 aromatic heterocycles. The van der Waals surface area contributed by atoms with E-state index in [1.54, 1.807) is 49.6 Å². The molecule has 5 heteroatoms. The molecule has 0 aliphatic rings. The largest absolute Gasteiger partial charge is 0.497 e. The van der Waals surface area contributed by atoms with Crippen LogP contribution in [0.5, 0.6) is 5.75 Å². The van der Waals surface area contributed by atoms with Crippen molar-refractivity contribution in [1.29, 1.82) is 5.26 Å². The van der Waals surface area contributed by atoms with Gasteiger partial charge in [0.2, 0.25) is 0 Å². The van der Waals surface area contributed by atoms with Gasteiger partial charge in [-0.2, -0.15) is 5.26 Å². The summed E-state index contributed by atoms with van der Waals surface area (Å²) in [5.41, 5.74) is 8.16. The number of methoxy groups -OCH3 is 1. The van der Waals surface area contributed by atoms with Crippen molar-refractivity contribution in [1.82, 2.24) is 0 Å². The van der Waals surface area contributed by atoms with E-state index < -0.39 is 6.10 Å². The lowest BCUT2D eigenvalue weighted by atomic mass is 10.1. The van der Waals surface area contributed by atoms with Gasteiger partial charge in [0, 0.05) is 18.3 Å². The van der Waals surface area contributed by atoms with Crippen LogP contribution in [-0.4, -0.2) is 18.8 Å². The summed E-state index contributed by atoms with van der Waals surface area (Å²) in [7, 11) is 1.56. The number of hydrogen-bond donors (Lipinski definition) is 3. The van der Waals surface area contributed by atoms with Gasteiger partial charge >= 0.3 is 0 Å². The number of aliphatic hydroxyl groups is 1. The van der Waals surface area contributed by atoms with Crippen molar-refractivity contribution in [2.45, 2.75) is 6.10 Å². The molecule has 1 unspecified atom stereocenters. The molecule has 1 atom stereocenters. The van der Waals surface area contributed by atoms with E-state index in [2.05, 4.69) is 11.4 Å². The molecule has 0 saturated carbocycles. The van der Waals surface area contributed by atoms with Crippen molar-refractivity contribution in [3.63, 3.8) is 0 Å². The molecule has 108 valence electrons. The Hall–Kier alpha value is -2.71. The van der Waals surface area contributed by atoms with Crippen LogP contribution in [0.15, 0.2) is 42.5 Å². The minimum Gasteiger partial charge on any atom is -0.497 e. The van der Waals surface area contributed by atoms with Crippen LogP contribution in [0.4, 0.5) is 11.4 Å². The van der Waals surface area contributed by atoms with Crippen LogP contribution in [0.25, 0.3) is 0 Å². The van der Waals surface area contributed by atoms with Crippen molar-refractivity contribution >= 4 is 11.4 Å². The predicted octanol–water partition coefficient (Wildman–Crippen LogP) is 2.29. The Morgan fingerprint density at radius 1 is 1.29 bits per heavy atom. The van der Waals surface area contributed by atoms with E-state index in [0.717, 1.165) is 5.56 Å². The molecule has 2 aromatic rings. The summed E-state index contributed by atoms with van der Waals surface area (Å²) in [6.45, 7) is 0.283. The first-order valence-corrected chi connectivity index (χ1v) is 6.49. The minimum absolute atomic E-state index is 0.283. The molecule has 4 N–H and O–H groups in total. The summed E-state index contributed by atoms with van der Waals surface area (Å²) in [6.07, 6.45) is -0.691. The van der Waals surface area contributed by atoms with E-state index in [4.69, 9.17) is 15.7 Å². The summed E-state index contributed by atoms with van der Waals surface area (Å²) in [6, 6.07) is 14.3. The van der Waals surface area contributed by atoms with E-state index in [9.17, 15) is 5.11 Å². The van der Waals surface area contributed by atoms with Crippen LogP contribution in [0.1, 0.15) is 17.2 Å². The summed E-state index contributed by atoms with van der Waals surface area (Å²) < 4.78 is 5.13. The van der Waals surface area contributed by atoms with E-state index in [1.165, 1.54) is 0 Å². The number of rotatable bonds is 5. The number of nitrogen functional groups attached to an aromatic ring is 1. The molecule has 0 aliphatic carbocycles. The smallest absolute Gasteiger partial charge is 0.121 e. The zero-order chi connectivity index (χ0) is 15.2. The third-order valence-electron chi connectivity index (χ3n) is 3.15. The normalized spacial score (nSPS) is 11.5. The molecule has 0 saturated heterocycles. The van der Waals surface area contributed by atoms with Gasteiger partial charge in [0.1, 0.15) is 11.8 Å². The molecular formula is C16H17N3O2. The molecule has 0 bridgehead atoms. The van der Waals surface area contributed by atoms with Crippen molar-refractivity contribution in [3.05, 3.63) is 53.6 Å². The highest BCUT2D eigenvalue weighted by atomic mass is 16.5. The number of aliphatic hydroxyl groups excluding tert-OH is 1. The topological polar surface area (TPSA) is 91.3 Å². The maximum absolute atomic E-state index is 10.1. The van der Waals surface area contributed by atoms with Gasteiger partial charge in [-0.1, -0.05) is 12.1 Å². The minimum atomic E-state index is -0.691. The monoisotopic (exact) mass is 283 g/mol. The maximum Gasteiger partial charge on any atom is 0.121 e. The fourth-order valence-electron chi connectivity index (χ4n) is 1.94. The third-order valence-corrected chi connectivity index (χ3v) is 3.15. The quantitative estimate of drug-likeness (QED) is 0.732. The van der Waals surface area contributed by atoms with Crippen molar-refractivity contribution in [3.8, 4) is 11.8 Å². The highest BCUT2D eigenvalue weighted by molar-refractivity contribution is 5.60. The van der Waals surface area contributed by atoms with Gasteiger partial charge in [-0.3, -0.25) is 0 Å². The van der Waals surface area contributed by atoms with E-state index in [0.29, 0.717) is 22.7 Å². The highest BCUT2D eigenvalue weighted by Gasteiger charge is 2.09. The SMILES string of the molecule is COc1ccc(C#N)c(NCC(O)c2ccc(N)cc2)c1. The van der Waals surface area contributed by atoms with Crippen LogP contribution in [-0.2, 0) is 0 Å². The molecule has 2 rings (SSSR count). The molecule has 0 amide bonds. The molecule has 0 aliphatic heterocycles. The second-order valence-electron chi connectivity index (χ2n) is 4.59. The summed E-state index contributed by atoms with van der Waals surface area (Å²) in [4.78, 5) is 0. The van der Waals surface area contributed by atoms with E-state index in [1.807, 2.05) is 0 Å². The first kappa shape index (κ1) is 14.7. The number of anilines is 2. The zero-order valence-electron chi connectivity index (χ0n) is 11.7. The fraction of sp³-hybridized carbons (Fsp3) is 0.188. The summed E-state index contributed by atoms with van der Waals surface area (Å²) >= 11 is 0. The fourth-order valence-corrected chi connectivity index (χ4v) is 1.94. The van der Waals surface area contributed by atoms with Gasteiger partial charge < -0.3 is 20.9 Å². The average molecular weight is 283 g/mol. The second kappa shape index (κ2) is 6.64. The summed E-state index contributed by atoms with van der Waals surface area (Å²) in [5, 5.41) is 22.3. The number of nitrogens with two attached hydrogens (primary N) is 1. The highest BCUT2D eigenvalue weighted by Crippen LogP contribution is 2.23. The zero-order valence-corrected chi connectivity index (χ0v) is 11.7. The van der Waals surface area contributed by atoms with Crippen LogP contribution in [0.2, 0.25) is 0 Å². The maximum atomic E-state index is 10.1. The number of benzene rings is 2. The standard InChI is InChI=1S/C16H17N3O2/c1-21-14-7-4-12(9-17)15(8-14)19-10-16(20)11-2-5-13(18)6-3-11/h2-8,16,19-20H,10,18H2,1H3. The molecule has 0 spiro atoms. The van der Waals surface area contributed by atoms with E-state index >= 15 is 0 Å². The molecule has 21 heavy (non-hydrogen) atoms. The van der Waals surface area contributed by atoms with Crippen molar-refractivity contribution in [2.24, 2.45) is 0 Å². The van der Waals surface area contributed by atoms with Crippen LogP contribution >= 0.6 is 0 Å². The first-order chi connectivity index (χ1) is 10.1. The Morgan fingerprint density at radius 2 is 2.00 bits per heavy atom. The van der Waals surface area contributed by atoms with Gasteiger partial charge in [-0.15, -0.1) is 0 Å². The Balaban J connectivity index is 2.08. The van der Waals surface area contributed by atoms with Crippen LogP contribution in [0, 0.1) is 11.3 Å². The second-order valence-corrected chi connectivity index (χ2v) is 4.59. The summed E-state index contributed by atoms with van der Waals surface area (Å²) in [5.74, 6) is 0.651. The van der Waals surface area contributed by atoms with E-state index in [-0.39, 0.29) is 6.54 Å². The number of nitrogens with one attached hydrogen (secondary N) is 1. The number of ether oxygens (including phenoxy) is 1. The number of nitriles is 1. The molecule has 5 nitrogen and oxygen atoms in total. The van der Waals surface area contributed by atoms with Gasteiger partial charge in [0.15, 0.2) is 0 Å². The lowest BCUT2D eigenvalue weighted by Crippen LogP contribution is -2.13. The van der Waals surface area contributed by atoms with Crippen molar-refractivity contribution < 1.29 is 9.84 Å². The Kier molecular flexibility index (Phi) is 4.64. The van der Waals surface area contributed by atoms with Gasteiger partial charge in [-0.25, -0.2) is 0 Å². The lowest BCUT2D eigenvalue weighted by molar-refractivity contribution is 0.191. The Bertz CT molecular complexity index is 648. The molecule has 0 radical (unpaired) electrons. The van der Waals surface area contributed by atoms with Gasteiger partial charge in [0.05, 0.1) is 24.5 Å². The Labute approximate surface area is 123 Å². The molecule has 0 fully saturated rings. The number of nitrogens with zero attached hydrogens (tertiary/aromatic N) is 1. The Morgan fingerprint density at radius 3 is 2.62 bits per heavy atom. The van der Waals surface area contributed by atoms with Crippen LogP contribution in [0.3, 0.4) is 0 Å². The van der Waals surface area contributed by atoms with Gasteiger partial charge in [0.25, 0.3) is 0 Å². The average Bonchev–Trinajstić information content (AvgIpc) is 2.52. The first-order valence-electron chi connectivity index (χ1n) is 6.49. The lowest BCUT2D eigenvalue weighted by Gasteiger charge is -2.15. The van der Waals surface area contributed by atoms with Gasteiger partial charge in [-0.05, 0) is 29.8 Å². The molecular weight excluding hydrogens is 266 g/mol. The third kappa shape index (κ3) is 3.65. The van der Waals surface area contributed by atoms with Crippen LogP contribution < -0.4 is 15.8 Å². The van der Waals surface area contributed by atoms with Crippen molar-refractivity contribution in [2.75, 3.05) is 24.7 Å². The predicted molar refractivity (Wildman–Crippen MR) is 82.0 cm³/mol. The molecule has 2 aromatic carbocycles. The number of hydrogen-bond acceptors (Lipinski definition) is 5. The molecule has 0 heterocycles.